The minimum atomic E-state index is -0.220. The van der Waals surface area contributed by atoms with Crippen LogP contribution in [0, 0.1) is 0 Å². The molecule has 0 atom stereocenters. The molecule has 2 rings (SSSR count). The lowest BCUT2D eigenvalue weighted by molar-refractivity contribution is 0.103. The van der Waals surface area contributed by atoms with Crippen LogP contribution in [0.2, 0.25) is 0 Å². The third-order valence-electron chi connectivity index (χ3n) is 2.50. The van der Waals surface area contributed by atoms with Crippen LogP contribution in [-0.2, 0) is 0 Å². The third kappa shape index (κ3) is 2.13. The fourth-order valence-electron chi connectivity index (χ4n) is 1.62. The Morgan fingerprint density at radius 1 is 1.06 bits per heavy atom. The summed E-state index contributed by atoms with van der Waals surface area (Å²) < 4.78 is 4.97. The van der Waals surface area contributed by atoms with Crippen molar-refractivity contribution in [1.82, 2.24) is 0 Å². The number of methoxy groups -OCH3 is 1. The number of ketones is 1. The highest BCUT2D eigenvalue weighted by molar-refractivity contribution is 6.11. The van der Waals surface area contributed by atoms with Crippen LogP contribution in [0.3, 0.4) is 0 Å². The van der Waals surface area contributed by atoms with Crippen molar-refractivity contribution in [2.24, 2.45) is 0 Å². The molecule has 17 heavy (non-hydrogen) atoms. The number of ether oxygens (including phenoxy) is 1. The van der Waals surface area contributed by atoms with E-state index in [1.54, 1.807) is 42.5 Å². The van der Waals surface area contributed by atoms with E-state index in [0.717, 1.165) is 0 Å². The first-order valence-corrected chi connectivity index (χ1v) is 5.19. The molecule has 3 nitrogen and oxygen atoms in total. The van der Waals surface area contributed by atoms with Crippen molar-refractivity contribution < 1.29 is 14.6 Å². The second kappa shape index (κ2) is 4.70. The fraction of sp³-hybridized carbons (Fsp3) is 0.0714. The molecule has 0 spiro atoms. The zero-order valence-electron chi connectivity index (χ0n) is 9.38. The van der Waals surface area contributed by atoms with Gasteiger partial charge in [0.15, 0.2) is 17.3 Å². The Balaban J connectivity index is 2.45. The van der Waals surface area contributed by atoms with Gasteiger partial charge in [0.1, 0.15) is 0 Å². The molecule has 3 heteroatoms. The van der Waals surface area contributed by atoms with E-state index in [1.165, 1.54) is 7.11 Å². The van der Waals surface area contributed by atoms with Crippen molar-refractivity contribution in [2.45, 2.75) is 0 Å². The quantitative estimate of drug-likeness (QED) is 0.821. The maximum absolute atomic E-state index is 12.1. The van der Waals surface area contributed by atoms with Gasteiger partial charge in [-0.25, -0.2) is 0 Å². The van der Waals surface area contributed by atoms with E-state index in [1.807, 2.05) is 6.07 Å². The molecule has 1 N–H and O–H groups in total. The standard InChI is InChI=1S/C14H12O3/c1-17-12-9-5-8-11(14(12)16)13(15)10-6-3-2-4-7-10/h2-9,16H,1H3. The molecule has 2 aromatic rings. The van der Waals surface area contributed by atoms with Gasteiger partial charge >= 0.3 is 0 Å². The van der Waals surface area contributed by atoms with Crippen LogP contribution in [0.25, 0.3) is 0 Å². The van der Waals surface area contributed by atoms with E-state index in [4.69, 9.17) is 4.74 Å². The number of phenols is 1. The molecule has 0 heterocycles. The Morgan fingerprint density at radius 2 is 1.76 bits per heavy atom. The molecule has 0 aliphatic heterocycles. The maximum atomic E-state index is 12.1. The molecular formula is C14H12O3. The summed E-state index contributed by atoms with van der Waals surface area (Å²) in [5.74, 6) is -0.0439. The molecule has 0 fully saturated rings. The van der Waals surface area contributed by atoms with Crippen molar-refractivity contribution in [3.8, 4) is 11.5 Å². The Hall–Kier alpha value is -2.29. The van der Waals surface area contributed by atoms with E-state index >= 15 is 0 Å². The first kappa shape index (κ1) is 11.2. The zero-order chi connectivity index (χ0) is 12.3. The molecule has 0 saturated heterocycles. The van der Waals surface area contributed by atoms with Crippen molar-refractivity contribution in [2.75, 3.05) is 7.11 Å². The molecule has 0 aromatic heterocycles. The first-order valence-electron chi connectivity index (χ1n) is 5.19. The van der Waals surface area contributed by atoms with Crippen molar-refractivity contribution in [1.29, 1.82) is 0 Å². The van der Waals surface area contributed by atoms with Gasteiger partial charge < -0.3 is 9.84 Å². The number of benzene rings is 2. The van der Waals surface area contributed by atoms with E-state index in [2.05, 4.69) is 0 Å². The highest BCUT2D eigenvalue weighted by atomic mass is 16.5. The van der Waals surface area contributed by atoms with Gasteiger partial charge in [-0.05, 0) is 12.1 Å². The number of aromatic hydroxyl groups is 1. The zero-order valence-corrected chi connectivity index (χ0v) is 9.38. The summed E-state index contributed by atoms with van der Waals surface area (Å²) in [6, 6.07) is 13.7. The van der Waals surface area contributed by atoms with E-state index in [9.17, 15) is 9.90 Å². The predicted molar refractivity (Wildman–Crippen MR) is 64.5 cm³/mol. The van der Waals surface area contributed by atoms with Gasteiger partial charge in [0.25, 0.3) is 0 Å². The second-order valence-electron chi connectivity index (χ2n) is 3.55. The topological polar surface area (TPSA) is 46.5 Å². The van der Waals surface area contributed by atoms with Gasteiger partial charge in [-0.1, -0.05) is 36.4 Å². The molecular weight excluding hydrogens is 216 g/mol. The van der Waals surface area contributed by atoms with Gasteiger partial charge in [0, 0.05) is 5.56 Å². The Bertz CT molecular complexity index is 532. The summed E-state index contributed by atoms with van der Waals surface area (Å²) in [6.45, 7) is 0. The molecule has 2 aromatic carbocycles. The summed E-state index contributed by atoms with van der Waals surface area (Å²) >= 11 is 0. The number of hydrogen-bond donors (Lipinski definition) is 1. The van der Waals surface area contributed by atoms with Gasteiger partial charge in [0.05, 0.1) is 12.7 Å². The Labute approximate surface area is 99.3 Å². The van der Waals surface area contributed by atoms with Gasteiger partial charge in [-0.2, -0.15) is 0 Å². The Morgan fingerprint density at radius 3 is 2.41 bits per heavy atom. The second-order valence-corrected chi connectivity index (χ2v) is 3.55. The highest BCUT2D eigenvalue weighted by Gasteiger charge is 2.15. The molecule has 86 valence electrons. The van der Waals surface area contributed by atoms with E-state index in [-0.39, 0.29) is 17.1 Å². The average molecular weight is 228 g/mol. The number of carbonyl (C=O) groups is 1. The SMILES string of the molecule is COc1cccc(C(=O)c2ccccc2)c1O. The summed E-state index contributed by atoms with van der Waals surface area (Å²) in [4.78, 5) is 12.1. The number of carbonyl (C=O) groups excluding carboxylic acids is 1. The third-order valence-corrected chi connectivity index (χ3v) is 2.50. The smallest absolute Gasteiger partial charge is 0.196 e. The van der Waals surface area contributed by atoms with Crippen molar-refractivity contribution in [3.05, 3.63) is 59.7 Å². The molecule has 0 bridgehead atoms. The predicted octanol–water partition coefficient (Wildman–Crippen LogP) is 2.63. The lowest BCUT2D eigenvalue weighted by Gasteiger charge is -2.07. The van der Waals surface area contributed by atoms with Crippen LogP contribution in [-0.4, -0.2) is 18.0 Å². The first-order chi connectivity index (χ1) is 8.24. The van der Waals surface area contributed by atoms with E-state index < -0.39 is 0 Å². The van der Waals surface area contributed by atoms with Gasteiger partial charge in [-0.15, -0.1) is 0 Å². The molecule has 0 aliphatic rings. The largest absolute Gasteiger partial charge is 0.504 e. The van der Waals surface area contributed by atoms with Crippen LogP contribution >= 0.6 is 0 Å². The van der Waals surface area contributed by atoms with Crippen LogP contribution in [0.15, 0.2) is 48.5 Å². The minimum absolute atomic E-state index is 0.121. The van der Waals surface area contributed by atoms with Crippen LogP contribution in [0.1, 0.15) is 15.9 Å². The molecule has 0 unspecified atom stereocenters. The lowest BCUT2D eigenvalue weighted by atomic mass is 10.0. The van der Waals surface area contributed by atoms with Gasteiger partial charge in [-0.3, -0.25) is 4.79 Å². The van der Waals surface area contributed by atoms with Gasteiger partial charge in [0.2, 0.25) is 0 Å². The fourth-order valence-corrected chi connectivity index (χ4v) is 1.62. The summed E-state index contributed by atoms with van der Waals surface area (Å²) in [5.41, 5.74) is 0.784. The highest BCUT2D eigenvalue weighted by Crippen LogP contribution is 2.30. The monoisotopic (exact) mass is 228 g/mol. The maximum Gasteiger partial charge on any atom is 0.196 e. The van der Waals surface area contributed by atoms with E-state index in [0.29, 0.717) is 11.3 Å². The van der Waals surface area contributed by atoms with Crippen LogP contribution in [0.4, 0.5) is 0 Å². The number of rotatable bonds is 3. The summed E-state index contributed by atoms with van der Waals surface area (Å²) in [6.07, 6.45) is 0. The average Bonchev–Trinajstić information content (AvgIpc) is 2.39. The molecule has 0 amide bonds. The normalized spacial score (nSPS) is 9.94. The molecule has 0 aliphatic carbocycles. The summed E-state index contributed by atoms with van der Waals surface area (Å²) in [7, 11) is 1.45. The van der Waals surface area contributed by atoms with Crippen molar-refractivity contribution in [3.63, 3.8) is 0 Å². The summed E-state index contributed by atoms with van der Waals surface area (Å²) in [5, 5.41) is 9.87. The van der Waals surface area contributed by atoms with Crippen LogP contribution in [0.5, 0.6) is 11.5 Å². The number of para-hydroxylation sites is 1. The van der Waals surface area contributed by atoms with Crippen molar-refractivity contribution >= 4 is 5.78 Å². The molecule has 0 radical (unpaired) electrons. The minimum Gasteiger partial charge on any atom is -0.504 e. The Kier molecular flexibility index (Phi) is 3.10. The van der Waals surface area contributed by atoms with Crippen LogP contribution < -0.4 is 4.74 Å². The number of phenolic OH excluding ortho intramolecular Hbond substituents is 1. The number of hydrogen-bond acceptors (Lipinski definition) is 3. The lowest BCUT2D eigenvalue weighted by Crippen LogP contribution is -2.02. The molecule has 0 saturated carbocycles.